The first kappa shape index (κ1) is 16.9. The molecule has 0 bridgehead atoms. The molecule has 0 aliphatic carbocycles. The van der Waals surface area contributed by atoms with Gasteiger partial charge < -0.3 is 10.4 Å². The van der Waals surface area contributed by atoms with Crippen LogP contribution in [0.15, 0.2) is 29.2 Å². The monoisotopic (exact) mass is 300 g/mol. The molecule has 0 amide bonds. The Bertz CT molecular complexity index is 498. The molecule has 0 radical (unpaired) electrons. The highest BCUT2D eigenvalue weighted by molar-refractivity contribution is 7.89. The van der Waals surface area contributed by atoms with Gasteiger partial charge in [-0.25, -0.2) is 13.1 Å². The van der Waals surface area contributed by atoms with E-state index in [0.29, 0.717) is 13.0 Å². The van der Waals surface area contributed by atoms with Gasteiger partial charge in [-0.15, -0.1) is 0 Å². The molecule has 1 rings (SSSR count). The number of benzene rings is 1. The third-order valence-electron chi connectivity index (χ3n) is 2.81. The summed E-state index contributed by atoms with van der Waals surface area (Å²) in [6.45, 7) is 6.07. The van der Waals surface area contributed by atoms with E-state index in [1.807, 2.05) is 13.8 Å². The van der Waals surface area contributed by atoms with Crippen molar-refractivity contribution in [2.24, 2.45) is 0 Å². The van der Waals surface area contributed by atoms with Crippen LogP contribution in [0, 0.1) is 0 Å². The molecule has 0 aliphatic heterocycles. The van der Waals surface area contributed by atoms with Gasteiger partial charge in [-0.3, -0.25) is 0 Å². The molecule has 0 saturated carbocycles. The number of hydrogen-bond donors (Lipinski definition) is 3. The van der Waals surface area contributed by atoms with Gasteiger partial charge in [0.2, 0.25) is 10.0 Å². The second-order valence-electron chi connectivity index (χ2n) is 5.05. The third kappa shape index (κ3) is 5.48. The van der Waals surface area contributed by atoms with Crippen LogP contribution in [-0.4, -0.2) is 32.2 Å². The molecule has 5 nitrogen and oxygen atoms in total. The smallest absolute Gasteiger partial charge is 0.240 e. The lowest BCUT2D eigenvalue weighted by atomic mass is 10.1. The van der Waals surface area contributed by atoms with Gasteiger partial charge >= 0.3 is 0 Å². The summed E-state index contributed by atoms with van der Waals surface area (Å²) >= 11 is 0. The molecule has 0 saturated heterocycles. The highest BCUT2D eigenvalue weighted by atomic mass is 32.2. The number of rotatable bonds is 8. The molecule has 0 aliphatic rings. The van der Waals surface area contributed by atoms with E-state index in [2.05, 4.69) is 10.0 Å². The minimum Gasteiger partial charge on any atom is -0.393 e. The van der Waals surface area contributed by atoms with Crippen molar-refractivity contribution in [1.82, 2.24) is 4.72 Å². The zero-order valence-corrected chi connectivity index (χ0v) is 13.1. The van der Waals surface area contributed by atoms with Gasteiger partial charge in [-0.1, -0.05) is 6.92 Å². The van der Waals surface area contributed by atoms with Crippen LogP contribution >= 0.6 is 0 Å². The lowest BCUT2D eigenvalue weighted by Crippen LogP contribution is -2.24. The molecule has 2 atom stereocenters. The molecule has 0 spiro atoms. The molecule has 0 aromatic heterocycles. The molecule has 6 heteroatoms. The van der Waals surface area contributed by atoms with Gasteiger partial charge in [0.05, 0.1) is 11.0 Å². The first-order valence-electron chi connectivity index (χ1n) is 6.89. The Morgan fingerprint density at radius 3 is 2.30 bits per heavy atom. The summed E-state index contributed by atoms with van der Waals surface area (Å²) in [5.41, 5.74) is 0.840. The highest BCUT2D eigenvalue weighted by Gasteiger charge is 2.13. The van der Waals surface area contributed by atoms with E-state index < -0.39 is 10.0 Å². The van der Waals surface area contributed by atoms with Crippen molar-refractivity contribution < 1.29 is 13.5 Å². The van der Waals surface area contributed by atoms with Gasteiger partial charge in [-0.2, -0.15) is 0 Å². The predicted octanol–water partition coefficient (Wildman–Crippen LogP) is 1.95. The minimum absolute atomic E-state index is 0.121. The van der Waals surface area contributed by atoms with Gasteiger partial charge in [0.1, 0.15) is 0 Å². The first-order valence-corrected chi connectivity index (χ1v) is 8.37. The summed E-state index contributed by atoms with van der Waals surface area (Å²) in [6.07, 6.45) is 1.03. The molecule has 20 heavy (non-hydrogen) atoms. The summed E-state index contributed by atoms with van der Waals surface area (Å²) < 4.78 is 26.3. The summed E-state index contributed by atoms with van der Waals surface area (Å²) in [4.78, 5) is 0.264. The van der Waals surface area contributed by atoms with Crippen LogP contribution in [0.5, 0.6) is 0 Å². The number of nitrogens with one attached hydrogen (secondary N) is 2. The van der Waals surface area contributed by atoms with Crippen LogP contribution in [-0.2, 0) is 10.0 Å². The summed E-state index contributed by atoms with van der Waals surface area (Å²) in [6, 6.07) is 6.75. The Balaban J connectivity index is 2.69. The van der Waals surface area contributed by atoms with E-state index >= 15 is 0 Å². The Labute approximate surface area is 121 Å². The third-order valence-corrected chi connectivity index (χ3v) is 4.29. The Morgan fingerprint density at radius 2 is 1.80 bits per heavy atom. The van der Waals surface area contributed by atoms with Crippen molar-refractivity contribution in [3.63, 3.8) is 0 Å². The molecule has 1 aromatic carbocycles. The van der Waals surface area contributed by atoms with Crippen molar-refractivity contribution in [3.05, 3.63) is 24.3 Å². The van der Waals surface area contributed by atoms with E-state index in [1.165, 1.54) is 0 Å². The van der Waals surface area contributed by atoms with Crippen molar-refractivity contribution >= 4 is 15.7 Å². The predicted molar refractivity (Wildman–Crippen MR) is 81.3 cm³/mol. The topological polar surface area (TPSA) is 78.4 Å². The van der Waals surface area contributed by atoms with Crippen molar-refractivity contribution in [2.75, 3.05) is 11.9 Å². The maximum absolute atomic E-state index is 11.9. The van der Waals surface area contributed by atoms with E-state index in [1.54, 1.807) is 31.2 Å². The number of aliphatic hydroxyl groups excluding tert-OH is 1. The molecular weight excluding hydrogens is 276 g/mol. The lowest BCUT2D eigenvalue weighted by molar-refractivity contribution is 0.179. The van der Waals surface area contributed by atoms with Gasteiger partial charge in [0.25, 0.3) is 0 Å². The maximum atomic E-state index is 11.9. The van der Waals surface area contributed by atoms with Crippen molar-refractivity contribution in [2.45, 2.75) is 50.7 Å². The van der Waals surface area contributed by atoms with Crippen LogP contribution in [0.25, 0.3) is 0 Å². The number of aliphatic hydroxyl groups is 1. The zero-order chi connectivity index (χ0) is 15.2. The second kappa shape index (κ2) is 7.61. The normalized spacial score (nSPS) is 14.8. The number of sulfonamides is 1. The lowest BCUT2D eigenvalue weighted by Gasteiger charge is -2.17. The first-order chi connectivity index (χ1) is 9.35. The number of anilines is 1. The maximum Gasteiger partial charge on any atom is 0.240 e. The average Bonchev–Trinajstić information content (AvgIpc) is 2.36. The minimum atomic E-state index is -3.40. The van der Waals surface area contributed by atoms with Crippen molar-refractivity contribution in [3.8, 4) is 0 Å². The molecule has 2 unspecified atom stereocenters. The van der Waals surface area contributed by atoms with Gasteiger partial charge in [0.15, 0.2) is 0 Å². The molecule has 3 N–H and O–H groups in total. The average molecular weight is 300 g/mol. The second-order valence-corrected chi connectivity index (χ2v) is 6.82. The molecule has 114 valence electrons. The highest BCUT2D eigenvalue weighted by Crippen LogP contribution is 2.15. The van der Waals surface area contributed by atoms with E-state index in [9.17, 15) is 13.5 Å². The summed E-state index contributed by atoms with van der Waals surface area (Å²) in [5, 5.41) is 12.5. The van der Waals surface area contributed by atoms with Crippen LogP contribution in [0.2, 0.25) is 0 Å². The van der Waals surface area contributed by atoms with Gasteiger partial charge in [0, 0.05) is 18.3 Å². The fourth-order valence-corrected chi connectivity index (χ4v) is 3.04. The zero-order valence-electron chi connectivity index (χ0n) is 12.3. The molecule has 0 heterocycles. The van der Waals surface area contributed by atoms with Crippen LogP contribution < -0.4 is 10.0 Å². The van der Waals surface area contributed by atoms with Gasteiger partial charge in [-0.05, 0) is 51.0 Å². The quantitative estimate of drug-likeness (QED) is 0.685. The van der Waals surface area contributed by atoms with E-state index in [0.717, 1.165) is 12.1 Å². The fourth-order valence-electron chi connectivity index (χ4n) is 1.91. The van der Waals surface area contributed by atoms with Crippen LogP contribution in [0.3, 0.4) is 0 Å². The standard InChI is InChI=1S/C14H24N2O3S/c1-4-9-15-20(18,19)14-7-5-13(6-8-14)16-11(2)10-12(3)17/h5-8,11-12,15-17H,4,9-10H2,1-3H3. The molecular formula is C14H24N2O3S. The summed E-state index contributed by atoms with van der Waals surface area (Å²) in [5.74, 6) is 0. The summed E-state index contributed by atoms with van der Waals surface area (Å²) in [7, 11) is -3.40. The molecule has 0 fully saturated rings. The van der Waals surface area contributed by atoms with E-state index in [-0.39, 0.29) is 17.0 Å². The van der Waals surface area contributed by atoms with E-state index in [4.69, 9.17) is 0 Å². The Kier molecular flexibility index (Phi) is 6.45. The Hall–Kier alpha value is -1.11. The Morgan fingerprint density at radius 1 is 1.20 bits per heavy atom. The van der Waals surface area contributed by atoms with Crippen LogP contribution in [0.1, 0.15) is 33.6 Å². The van der Waals surface area contributed by atoms with Crippen molar-refractivity contribution in [1.29, 1.82) is 0 Å². The number of hydrogen-bond acceptors (Lipinski definition) is 4. The SMILES string of the molecule is CCCNS(=O)(=O)c1ccc(NC(C)CC(C)O)cc1. The van der Waals surface area contributed by atoms with Crippen LogP contribution in [0.4, 0.5) is 5.69 Å². The largest absolute Gasteiger partial charge is 0.393 e. The molecule has 1 aromatic rings. The fraction of sp³-hybridized carbons (Fsp3) is 0.571.